The summed E-state index contributed by atoms with van der Waals surface area (Å²) in [5, 5.41) is 10.0. The van der Waals surface area contributed by atoms with Crippen LogP contribution in [0.4, 0.5) is 5.69 Å². The number of alkyl halides is 1. The third kappa shape index (κ3) is 3.06. The molecule has 0 radical (unpaired) electrons. The number of hydrogen-bond acceptors (Lipinski definition) is 5. The number of nitrogen functional groups attached to an aromatic ring is 1. The largest absolute Gasteiger partial charge is 0.504 e. The molecule has 1 fully saturated rings. The second-order valence-electron chi connectivity index (χ2n) is 5.55. The molecule has 130 valence electrons. The molecule has 2 atom stereocenters. The van der Waals surface area contributed by atoms with Gasteiger partial charge in [0, 0.05) is 11.3 Å². The number of rotatable bonds is 4. The van der Waals surface area contributed by atoms with E-state index >= 15 is 0 Å². The number of phenolic OH excluding ortho intramolecular Hbond substituents is 1. The molecule has 7 nitrogen and oxygen atoms in total. The summed E-state index contributed by atoms with van der Waals surface area (Å²) in [6.07, 6.45) is 0. The Kier molecular flexibility index (Phi) is 4.41. The van der Waals surface area contributed by atoms with Gasteiger partial charge >= 0.3 is 0 Å². The van der Waals surface area contributed by atoms with E-state index in [0.29, 0.717) is 16.8 Å². The zero-order valence-electron chi connectivity index (χ0n) is 13.3. The van der Waals surface area contributed by atoms with Crippen molar-refractivity contribution < 1.29 is 19.4 Å². The van der Waals surface area contributed by atoms with E-state index in [0.717, 1.165) is 0 Å². The highest BCUT2D eigenvalue weighted by molar-refractivity contribution is 6.33. The zero-order valence-corrected chi connectivity index (χ0v) is 14.0. The second kappa shape index (κ2) is 6.52. The molecule has 0 bridgehead atoms. The average Bonchev–Trinajstić information content (AvgIpc) is 2.62. The summed E-state index contributed by atoms with van der Waals surface area (Å²) >= 11 is 6.12. The normalized spacial score (nSPS) is 19.3. The fraction of sp³-hybridized carbons (Fsp3) is 0.176. The molecule has 0 aromatic heterocycles. The first-order chi connectivity index (χ1) is 11.9. The Balaban J connectivity index is 1.81. The number of carbonyl (C=O) groups is 2. The van der Waals surface area contributed by atoms with Crippen LogP contribution in [0, 0.1) is 0 Å². The van der Waals surface area contributed by atoms with Crippen LogP contribution in [0.1, 0.15) is 22.0 Å². The number of aromatic hydroxyl groups is 1. The van der Waals surface area contributed by atoms with Crippen molar-refractivity contribution in [3.8, 4) is 11.5 Å². The Morgan fingerprint density at radius 1 is 1.28 bits per heavy atom. The summed E-state index contributed by atoms with van der Waals surface area (Å²) in [5.74, 6) is -0.638. The quantitative estimate of drug-likeness (QED) is 0.437. The number of nitrogens with one attached hydrogen (secondary N) is 1. The van der Waals surface area contributed by atoms with E-state index in [4.69, 9.17) is 22.1 Å². The summed E-state index contributed by atoms with van der Waals surface area (Å²) in [5.41, 5.74) is 9.67. The van der Waals surface area contributed by atoms with Gasteiger partial charge in [-0.25, -0.2) is 5.01 Å². The number of methoxy groups -OCH3 is 1. The van der Waals surface area contributed by atoms with Crippen molar-refractivity contribution in [2.45, 2.75) is 11.4 Å². The lowest BCUT2D eigenvalue weighted by molar-refractivity contribution is -0.149. The van der Waals surface area contributed by atoms with Crippen LogP contribution in [0.25, 0.3) is 0 Å². The summed E-state index contributed by atoms with van der Waals surface area (Å²) < 4.78 is 5.07. The van der Waals surface area contributed by atoms with Crippen LogP contribution in [-0.2, 0) is 4.79 Å². The van der Waals surface area contributed by atoms with Crippen molar-refractivity contribution in [1.29, 1.82) is 0 Å². The third-order valence-corrected chi connectivity index (χ3v) is 4.39. The van der Waals surface area contributed by atoms with Gasteiger partial charge in [0.2, 0.25) is 0 Å². The van der Waals surface area contributed by atoms with Gasteiger partial charge in [-0.1, -0.05) is 6.07 Å². The van der Waals surface area contributed by atoms with Gasteiger partial charge in [-0.2, -0.15) is 0 Å². The highest BCUT2D eigenvalue weighted by Crippen LogP contribution is 2.40. The minimum Gasteiger partial charge on any atom is -0.504 e. The maximum absolute atomic E-state index is 12.3. The molecule has 4 N–H and O–H groups in total. The molecule has 1 heterocycles. The maximum atomic E-state index is 12.3. The molecule has 2 aromatic rings. The Morgan fingerprint density at radius 3 is 2.60 bits per heavy atom. The number of β-lactam (4-membered cyclic amide) rings is 1. The van der Waals surface area contributed by atoms with E-state index in [-0.39, 0.29) is 11.5 Å². The highest BCUT2D eigenvalue weighted by atomic mass is 35.5. The number of benzene rings is 2. The third-order valence-electron chi connectivity index (χ3n) is 3.97. The number of carbonyl (C=O) groups excluding carboxylic acids is 2. The number of nitrogens with zero attached hydrogens (tertiary/aromatic N) is 1. The molecule has 2 aromatic carbocycles. The lowest BCUT2D eigenvalue weighted by atomic mass is 9.95. The van der Waals surface area contributed by atoms with Crippen molar-refractivity contribution >= 4 is 29.1 Å². The van der Waals surface area contributed by atoms with Gasteiger partial charge in [-0.05, 0) is 42.0 Å². The number of hydrazine groups is 1. The van der Waals surface area contributed by atoms with Gasteiger partial charge in [0.1, 0.15) is 11.4 Å². The van der Waals surface area contributed by atoms with Crippen LogP contribution < -0.4 is 15.9 Å². The van der Waals surface area contributed by atoms with E-state index in [1.54, 1.807) is 36.4 Å². The van der Waals surface area contributed by atoms with E-state index in [1.165, 1.54) is 18.2 Å². The monoisotopic (exact) mass is 361 g/mol. The Labute approximate surface area is 148 Å². The van der Waals surface area contributed by atoms with Gasteiger partial charge in [0.25, 0.3) is 11.8 Å². The summed E-state index contributed by atoms with van der Waals surface area (Å²) in [4.78, 5) is 24.4. The Bertz CT molecular complexity index is 825. The van der Waals surface area contributed by atoms with Crippen molar-refractivity contribution in [2.24, 2.45) is 0 Å². The number of amides is 2. The lowest BCUT2D eigenvalue weighted by Gasteiger charge is -2.44. The van der Waals surface area contributed by atoms with E-state index in [2.05, 4.69) is 5.43 Å². The molecule has 3 rings (SSSR count). The topological polar surface area (TPSA) is 105 Å². The predicted octanol–water partition coefficient (Wildman–Crippen LogP) is 1.82. The first kappa shape index (κ1) is 16.9. The molecule has 0 aliphatic carbocycles. The second-order valence-corrected chi connectivity index (χ2v) is 6.02. The van der Waals surface area contributed by atoms with E-state index in [9.17, 15) is 14.7 Å². The van der Waals surface area contributed by atoms with Crippen LogP contribution in [-0.4, -0.2) is 34.4 Å². The minimum absolute atomic E-state index is 0.0273. The molecule has 8 heteroatoms. The van der Waals surface area contributed by atoms with Crippen molar-refractivity contribution in [2.75, 3.05) is 12.8 Å². The molecule has 0 saturated carbocycles. The van der Waals surface area contributed by atoms with Crippen molar-refractivity contribution in [1.82, 2.24) is 10.4 Å². The summed E-state index contributed by atoms with van der Waals surface area (Å²) in [7, 11) is 1.42. The first-order valence-corrected chi connectivity index (χ1v) is 7.86. The summed E-state index contributed by atoms with van der Waals surface area (Å²) in [6, 6.07) is 10.4. The maximum Gasteiger partial charge on any atom is 0.269 e. The van der Waals surface area contributed by atoms with Crippen LogP contribution in [0.15, 0.2) is 42.5 Å². The zero-order chi connectivity index (χ0) is 18.1. The number of ether oxygens (including phenoxy) is 1. The SMILES string of the molecule is COc1cc(C2C(Cl)C(=O)N2NC(=O)c2ccc(N)cc2)ccc1O. The standard InChI is InChI=1S/C17H16ClN3O4/c1-25-13-8-10(4-7-12(13)22)15-14(18)17(24)21(15)20-16(23)9-2-5-11(19)6-3-9/h2-8,14-15,22H,19H2,1H3,(H,20,23). The van der Waals surface area contributed by atoms with Gasteiger partial charge in [0.05, 0.1) is 7.11 Å². The number of halogens is 1. The summed E-state index contributed by atoms with van der Waals surface area (Å²) in [6.45, 7) is 0. The Hall–Kier alpha value is -2.93. The number of phenols is 1. The molecule has 1 aliphatic heterocycles. The minimum atomic E-state index is -0.819. The molecule has 2 amide bonds. The molecule has 1 aliphatic rings. The van der Waals surface area contributed by atoms with Gasteiger partial charge in [-0.15, -0.1) is 11.6 Å². The van der Waals surface area contributed by atoms with E-state index < -0.39 is 23.2 Å². The van der Waals surface area contributed by atoms with Gasteiger partial charge < -0.3 is 15.6 Å². The number of hydrogen-bond donors (Lipinski definition) is 3. The van der Waals surface area contributed by atoms with E-state index in [1.807, 2.05) is 0 Å². The fourth-order valence-electron chi connectivity index (χ4n) is 2.58. The molecule has 0 spiro atoms. The van der Waals surface area contributed by atoms with Crippen LogP contribution in [0.5, 0.6) is 11.5 Å². The van der Waals surface area contributed by atoms with Crippen LogP contribution in [0.2, 0.25) is 0 Å². The smallest absolute Gasteiger partial charge is 0.269 e. The van der Waals surface area contributed by atoms with Crippen LogP contribution >= 0.6 is 11.6 Å². The Morgan fingerprint density at radius 2 is 1.96 bits per heavy atom. The molecule has 25 heavy (non-hydrogen) atoms. The fourth-order valence-corrected chi connectivity index (χ4v) is 2.95. The highest BCUT2D eigenvalue weighted by Gasteiger charge is 2.48. The van der Waals surface area contributed by atoms with Gasteiger partial charge in [-0.3, -0.25) is 15.0 Å². The number of nitrogens with two attached hydrogens (primary N) is 1. The molecular formula is C17H16ClN3O4. The average molecular weight is 362 g/mol. The first-order valence-electron chi connectivity index (χ1n) is 7.43. The molecular weight excluding hydrogens is 346 g/mol. The van der Waals surface area contributed by atoms with Crippen molar-refractivity contribution in [3.63, 3.8) is 0 Å². The number of anilines is 1. The van der Waals surface area contributed by atoms with Gasteiger partial charge in [0.15, 0.2) is 11.5 Å². The van der Waals surface area contributed by atoms with Crippen molar-refractivity contribution in [3.05, 3.63) is 53.6 Å². The molecule has 2 unspecified atom stereocenters. The lowest BCUT2D eigenvalue weighted by Crippen LogP contribution is -2.63. The predicted molar refractivity (Wildman–Crippen MR) is 92.2 cm³/mol. The van der Waals surface area contributed by atoms with Crippen LogP contribution in [0.3, 0.4) is 0 Å². The molecule has 1 saturated heterocycles.